The van der Waals surface area contributed by atoms with Crippen LogP contribution in [0.15, 0.2) is 55.0 Å². The Morgan fingerprint density at radius 2 is 1.61 bits per heavy atom. The second kappa shape index (κ2) is 10.7. The molecule has 0 radical (unpaired) electrons. The highest BCUT2D eigenvalue weighted by molar-refractivity contribution is 5.93. The fourth-order valence-electron chi connectivity index (χ4n) is 3.84. The second-order valence-corrected chi connectivity index (χ2v) is 7.48. The maximum absolute atomic E-state index is 12.9. The van der Waals surface area contributed by atoms with Crippen molar-refractivity contribution in [1.82, 2.24) is 14.9 Å². The van der Waals surface area contributed by atoms with Crippen LogP contribution >= 0.6 is 0 Å². The summed E-state index contributed by atoms with van der Waals surface area (Å²) in [6, 6.07) is 13.8. The highest BCUT2D eigenvalue weighted by Crippen LogP contribution is 2.38. The van der Waals surface area contributed by atoms with Gasteiger partial charge in [-0.05, 0) is 42.7 Å². The van der Waals surface area contributed by atoms with Gasteiger partial charge in [0.05, 0.1) is 32.3 Å². The molecule has 0 bridgehead atoms. The molecular weight excluding hydrogens is 390 g/mol. The first-order chi connectivity index (χ1) is 15.1. The van der Waals surface area contributed by atoms with Gasteiger partial charge in [-0.3, -0.25) is 9.36 Å². The summed E-state index contributed by atoms with van der Waals surface area (Å²) in [6.07, 6.45) is 7.31. The fourth-order valence-corrected chi connectivity index (χ4v) is 3.84. The van der Waals surface area contributed by atoms with Crippen LogP contribution in [0.3, 0.4) is 0 Å². The lowest BCUT2D eigenvalue weighted by Gasteiger charge is -2.18. The third-order valence-electron chi connectivity index (χ3n) is 5.34. The Balaban J connectivity index is 1.87. The van der Waals surface area contributed by atoms with E-state index in [2.05, 4.69) is 24.1 Å². The number of aromatic nitrogens is 2. The van der Waals surface area contributed by atoms with Crippen molar-refractivity contribution in [3.63, 3.8) is 0 Å². The first-order valence-electron chi connectivity index (χ1n) is 10.8. The quantitative estimate of drug-likeness (QED) is 0.485. The van der Waals surface area contributed by atoms with Crippen molar-refractivity contribution < 1.29 is 14.3 Å². The minimum Gasteiger partial charge on any atom is -0.496 e. The van der Waals surface area contributed by atoms with Crippen LogP contribution < -0.4 is 14.8 Å². The average molecular weight is 422 g/mol. The predicted molar refractivity (Wildman–Crippen MR) is 123 cm³/mol. The minimum atomic E-state index is -0.0973. The van der Waals surface area contributed by atoms with E-state index in [4.69, 9.17) is 9.47 Å². The predicted octanol–water partition coefficient (Wildman–Crippen LogP) is 5.26. The van der Waals surface area contributed by atoms with Crippen LogP contribution in [-0.4, -0.2) is 35.7 Å². The van der Waals surface area contributed by atoms with Crippen LogP contribution in [0.2, 0.25) is 0 Å². The van der Waals surface area contributed by atoms with Gasteiger partial charge in [0, 0.05) is 11.7 Å². The third-order valence-corrected chi connectivity index (χ3v) is 5.34. The number of nitrogens with one attached hydrogen (secondary N) is 1. The van der Waals surface area contributed by atoms with Crippen LogP contribution in [0.5, 0.6) is 11.5 Å². The van der Waals surface area contributed by atoms with Gasteiger partial charge in [-0.15, -0.1) is 0 Å². The maximum atomic E-state index is 12.9. The normalized spacial score (nSPS) is 10.9. The largest absolute Gasteiger partial charge is 0.496 e. The van der Waals surface area contributed by atoms with E-state index in [0.29, 0.717) is 5.69 Å². The number of benzene rings is 2. The zero-order valence-corrected chi connectivity index (χ0v) is 18.7. The Labute approximate surface area is 184 Å². The van der Waals surface area contributed by atoms with Crippen molar-refractivity contribution in [1.29, 1.82) is 0 Å². The first-order valence-corrected chi connectivity index (χ1v) is 10.8. The van der Waals surface area contributed by atoms with Crippen LogP contribution in [-0.2, 0) is 0 Å². The Hall–Kier alpha value is -3.28. The maximum Gasteiger partial charge on any atom is 0.270 e. The van der Waals surface area contributed by atoms with Crippen molar-refractivity contribution in [2.24, 2.45) is 0 Å². The first kappa shape index (κ1) is 22.4. The summed E-state index contributed by atoms with van der Waals surface area (Å²) < 4.78 is 12.9. The molecule has 31 heavy (non-hydrogen) atoms. The van der Waals surface area contributed by atoms with E-state index >= 15 is 0 Å². The zero-order chi connectivity index (χ0) is 22.2. The molecule has 6 heteroatoms. The fraction of sp³-hybridized carbons (Fsp3) is 0.360. The van der Waals surface area contributed by atoms with Crippen molar-refractivity contribution in [3.8, 4) is 28.3 Å². The summed E-state index contributed by atoms with van der Waals surface area (Å²) in [4.78, 5) is 17.1. The number of carbonyl (C=O) groups is 1. The molecule has 1 amide bonds. The molecule has 0 saturated carbocycles. The second-order valence-electron chi connectivity index (χ2n) is 7.48. The highest BCUT2D eigenvalue weighted by atomic mass is 16.5. The van der Waals surface area contributed by atoms with E-state index in [0.717, 1.165) is 54.0 Å². The van der Waals surface area contributed by atoms with E-state index in [1.165, 1.54) is 0 Å². The van der Waals surface area contributed by atoms with Crippen LogP contribution in [0.4, 0.5) is 0 Å². The number of carbonyl (C=O) groups excluding carboxylic acids is 1. The monoisotopic (exact) mass is 421 g/mol. The van der Waals surface area contributed by atoms with Crippen LogP contribution in [0, 0.1) is 0 Å². The Morgan fingerprint density at radius 1 is 1.00 bits per heavy atom. The van der Waals surface area contributed by atoms with Gasteiger partial charge in [0.25, 0.3) is 5.91 Å². The highest BCUT2D eigenvalue weighted by Gasteiger charge is 2.18. The van der Waals surface area contributed by atoms with E-state index < -0.39 is 0 Å². The molecule has 1 N–H and O–H groups in total. The molecule has 0 spiro atoms. The summed E-state index contributed by atoms with van der Waals surface area (Å²) in [5.74, 6) is 1.39. The summed E-state index contributed by atoms with van der Waals surface area (Å²) >= 11 is 0. The van der Waals surface area contributed by atoms with Crippen molar-refractivity contribution in [2.45, 2.75) is 45.6 Å². The molecule has 2 aromatic carbocycles. The lowest BCUT2D eigenvalue weighted by Crippen LogP contribution is -2.35. The van der Waals surface area contributed by atoms with Gasteiger partial charge in [-0.2, -0.15) is 0 Å². The number of rotatable bonds is 10. The molecule has 1 heterocycles. The lowest BCUT2D eigenvalue weighted by atomic mass is 10.0. The van der Waals surface area contributed by atoms with Crippen LogP contribution in [0.25, 0.3) is 16.8 Å². The van der Waals surface area contributed by atoms with E-state index in [9.17, 15) is 4.79 Å². The van der Waals surface area contributed by atoms with Gasteiger partial charge in [0.15, 0.2) is 0 Å². The average Bonchev–Trinajstić information content (AvgIpc) is 3.29. The number of hydrogen-bond donors (Lipinski definition) is 1. The number of nitrogens with zero attached hydrogens (tertiary/aromatic N) is 2. The smallest absolute Gasteiger partial charge is 0.270 e. The molecule has 0 atom stereocenters. The minimum absolute atomic E-state index is 0.0973. The summed E-state index contributed by atoms with van der Waals surface area (Å²) in [6.45, 7) is 4.27. The topological polar surface area (TPSA) is 65.4 Å². The molecule has 164 valence electrons. The molecular formula is C25H31N3O3. The SMILES string of the molecule is CCCC(CCC)NC(=O)c1cncn1-c1ccc(-c2c(OC)cccc2OC)cc1. The Bertz CT molecular complexity index is 967. The van der Waals surface area contributed by atoms with Crippen molar-refractivity contribution >= 4 is 5.91 Å². The molecule has 0 saturated heterocycles. The third kappa shape index (κ3) is 5.08. The van der Waals surface area contributed by atoms with Gasteiger partial charge in [-0.25, -0.2) is 4.98 Å². The molecule has 6 nitrogen and oxygen atoms in total. The molecule has 0 aliphatic heterocycles. The molecule has 0 unspecified atom stereocenters. The summed E-state index contributed by atoms with van der Waals surface area (Å²) in [5.41, 5.74) is 3.25. The number of methoxy groups -OCH3 is 2. The zero-order valence-electron chi connectivity index (χ0n) is 18.7. The van der Waals surface area contributed by atoms with E-state index in [-0.39, 0.29) is 11.9 Å². The molecule has 3 aromatic rings. The summed E-state index contributed by atoms with van der Waals surface area (Å²) in [5, 5.41) is 3.17. The van der Waals surface area contributed by atoms with Gasteiger partial charge in [0.1, 0.15) is 17.2 Å². The number of hydrogen-bond acceptors (Lipinski definition) is 4. The standard InChI is InChI=1S/C25H31N3O3/c1-5-8-19(9-6-2)27-25(29)21-16-26-17-28(21)20-14-12-18(13-15-20)24-22(30-3)10-7-11-23(24)31-4/h7,10-17,19H,5-6,8-9H2,1-4H3,(H,27,29). The van der Waals surface area contributed by atoms with Crippen molar-refractivity contribution in [3.05, 3.63) is 60.7 Å². The van der Waals surface area contributed by atoms with E-state index in [1.807, 2.05) is 47.0 Å². The molecule has 3 rings (SSSR count). The van der Waals surface area contributed by atoms with Crippen LogP contribution in [0.1, 0.15) is 50.0 Å². The molecule has 0 aliphatic carbocycles. The van der Waals surface area contributed by atoms with Crippen molar-refractivity contribution in [2.75, 3.05) is 14.2 Å². The Morgan fingerprint density at radius 3 is 2.16 bits per heavy atom. The molecule has 1 aromatic heterocycles. The molecule has 0 aliphatic rings. The number of ether oxygens (including phenoxy) is 2. The van der Waals surface area contributed by atoms with Gasteiger partial charge in [0.2, 0.25) is 0 Å². The van der Waals surface area contributed by atoms with Gasteiger partial charge < -0.3 is 14.8 Å². The van der Waals surface area contributed by atoms with E-state index in [1.54, 1.807) is 26.7 Å². The lowest BCUT2D eigenvalue weighted by molar-refractivity contribution is 0.0925. The Kier molecular flexibility index (Phi) is 7.70. The number of amides is 1. The van der Waals surface area contributed by atoms with Gasteiger partial charge in [-0.1, -0.05) is 44.9 Å². The van der Waals surface area contributed by atoms with Gasteiger partial charge >= 0.3 is 0 Å². The summed E-state index contributed by atoms with van der Waals surface area (Å²) in [7, 11) is 3.29. The molecule has 0 fully saturated rings. The number of imidazole rings is 1.